The van der Waals surface area contributed by atoms with Crippen LogP contribution in [-0.4, -0.2) is 44.5 Å². The third-order valence-corrected chi connectivity index (χ3v) is 6.03. The third kappa shape index (κ3) is 5.06. The summed E-state index contributed by atoms with van der Waals surface area (Å²) < 4.78 is 12.7. The van der Waals surface area contributed by atoms with E-state index in [1.165, 1.54) is 11.8 Å². The largest absolute Gasteiger partial charge is 0.497 e. The van der Waals surface area contributed by atoms with Gasteiger partial charge in [0.1, 0.15) is 11.5 Å². The number of ketones is 1. The molecule has 168 valence electrons. The zero-order chi connectivity index (χ0) is 23.2. The molecule has 0 aliphatic carbocycles. The number of hydrogen-bond acceptors (Lipinski definition) is 7. The van der Waals surface area contributed by atoms with E-state index in [-0.39, 0.29) is 11.0 Å². The Labute approximate surface area is 196 Å². The summed E-state index contributed by atoms with van der Waals surface area (Å²) in [5.41, 5.74) is 2.32. The molecule has 0 fully saturated rings. The van der Waals surface area contributed by atoms with Crippen LogP contribution in [0.2, 0.25) is 0 Å². The van der Waals surface area contributed by atoms with Gasteiger partial charge in [-0.3, -0.25) is 14.3 Å². The second-order valence-corrected chi connectivity index (χ2v) is 8.47. The molecule has 0 radical (unpaired) electrons. The fourth-order valence-electron chi connectivity index (χ4n) is 3.32. The lowest BCUT2D eigenvalue weighted by molar-refractivity contribution is 0.0994. The van der Waals surface area contributed by atoms with E-state index in [2.05, 4.69) is 15.2 Å². The number of carbonyl (C=O) groups is 1. The van der Waals surface area contributed by atoms with Gasteiger partial charge in [-0.15, -0.1) is 10.2 Å². The Morgan fingerprint density at radius 1 is 1.03 bits per heavy atom. The summed E-state index contributed by atoms with van der Waals surface area (Å²) in [4.78, 5) is 17.3. The van der Waals surface area contributed by atoms with E-state index in [1.807, 2.05) is 54.8 Å². The monoisotopic (exact) mass is 460 g/mol. The van der Waals surface area contributed by atoms with Crippen molar-refractivity contribution in [2.75, 3.05) is 13.7 Å². The number of benzene rings is 2. The average molecular weight is 461 g/mol. The first-order chi connectivity index (χ1) is 16.1. The standard InChI is InChI=1S/C25H24N4O3S/c1-4-32-22-13-9-20(10-14-22)29-24(19-6-5-15-26-16-19)27-28-25(29)33-17(2)23(30)18-7-11-21(31-3)12-8-18/h5-17H,4H2,1-3H3/t17-/m0/s1. The Balaban J connectivity index is 1.67. The quantitative estimate of drug-likeness (QED) is 0.254. The summed E-state index contributed by atoms with van der Waals surface area (Å²) in [6.45, 7) is 4.42. The summed E-state index contributed by atoms with van der Waals surface area (Å²) in [6, 6.07) is 18.6. The summed E-state index contributed by atoms with van der Waals surface area (Å²) in [5.74, 6) is 2.16. The number of pyridine rings is 1. The predicted octanol–water partition coefficient (Wildman–Crippen LogP) is 5.10. The zero-order valence-electron chi connectivity index (χ0n) is 18.6. The number of Topliss-reactive ketones (excluding diaryl/α,β-unsaturated/α-hetero) is 1. The van der Waals surface area contributed by atoms with Crippen LogP contribution in [0, 0.1) is 0 Å². The lowest BCUT2D eigenvalue weighted by Gasteiger charge is -2.14. The van der Waals surface area contributed by atoms with Crippen LogP contribution in [0.3, 0.4) is 0 Å². The van der Waals surface area contributed by atoms with Gasteiger partial charge < -0.3 is 9.47 Å². The highest BCUT2D eigenvalue weighted by Crippen LogP contribution is 2.31. The van der Waals surface area contributed by atoms with E-state index in [0.717, 1.165) is 17.0 Å². The van der Waals surface area contributed by atoms with E-state index in [0.29, 0.717) is 28.9 Å². The molecule has 0 N–H and O–H groups in total. The van der Waals surface area contributed by atoms with Gasteiger partial charge in [0.25, 0.3) is 0 Å². The van der Waals surface area contributed by atoms with Gasteiger partial charge in [-0.1, -0.05) is 11.8 Å². The summed E-state index contributed by atoms with van der Waals surface area (Å²) in [5, 5.41) is 9.09. The van der Waals surface area contributed by atoms with Crippen LogP contribution in [0.5, 0.6) is 11.5 Å². The van der Waals surface area contributed by atoms with Crippen molar-refractivity contribution in [2.45, 2.75) is 24.3 Å². The van der Waals surface area contributed by atoms with E-state index >= 15 is 0 Å². The molecule has 8 heteroatoms. The molecular weight excluding hydrogens is 436 g/mol. The zero-order valence-corrected chi connectivity index (χ0v) is 19.5. The topological polar surface area (TPSA) is 79.1 Å². The molecule has 0 amide bonds. The third-order valence-electron chi connectivity index (χ3n) is 4.98. The highest BCUT2D eigenvalue weighted by molar-refractivity contribution is 8.00. The van der Waals surface area contributed by atoms with E-state index in [9.17, 15) is 4.79 Å². The highest BCUT2D eigenvalue weighted by Gasteiger charge is 2.23. The van der Waals surface area contributed by atoms with Gasteiger partial charge in [0.15, 0.2) is 16.8 Å². The number of ether oxygens (including phenoxy) is 2. The van der Waals surface area contributed by atoms with Gasteiger partial charge in [-0.05, 0) is 74.5 Å². The number of thioether (sulfide) groups is 1. The first-order valence-electron chi connectivity index (χ1n) is 10.5. The molecule has 0 saturated heterocycles. The van der Waals surface area contributed by atoms with Crippen molar-refractivity contribution in [3.63, 3.8) is 0 Å². The van der Waals surface area contributed by atoms with E-state index in [4.69, 9.17) is 9.47 Å². The number of aromatic nitrogens is 4. The van der Waals surface area contributed by atoms with Gasteiger partial charge in [-0.2, -0.15) is 0 Å². The SMILES string of the molecule is CCOc1ccc(-n2c(S[C@@H](C)C(=O)c3ccc(OC)cc3)nnc2-c2cccnc2)cc1. The summed E-state index contributed by atoms with van der Waals surface area (Å²) in [6.07, 6.45) is 3.46. The Morgan fingerprint density at radius 3 is 2.39 bits per heavy atom. The molecule has 2 heterocycles. The minimum absolute atomic E-state index is 0.00632. The molecule has 1 atom stereocenters. The van der Waals surface area contributed by atoms with E-state index < -0.39 is 0 Å². The van der Waals surface area contributed by atoms with E-state index in [1.54, 1.807) is 43.8 Å². The molecule has 2 aromatic carbocycles. The summed E-state index contributed by atoms with van der Waals surface area (Å²) >= 11 is 1.36. The molecular formula is C25H24N4O3S. The minimum Gasteiger partial charge on any atom is -0.497 e. The normalized spacial score (nSPS) is 11.7. The molecule has 7 nitrogen and oxygen atoms in total. The van der Waals surface area contributed by atoms with Crippen molar-refractivity contribution in [1.29, 1.82) is 0 Å². The van der Waals surface area contributed by atoms with Gasteiger partial charge in [0.2, 0.25) is 0 Å². The van der Waals surface area contributed by atoms with Crippen molar-refractivity contribution >= 4 is 17.5 Å². The Morgan fingerprint density at radius 2 is 1.76 bits per heavy atom. The molecule has 0 saturated carbocycles. The fraction of sp³-hybridized carbons (Fsp3) is 0.200. The first-order valence-corrected chi connectivity index (χ1v) is 11.4. The minimum atomic E-state index is -0.370. The van der Waals surface area contributed by atoms with Crippen LogP contribution in [0.15, 0.2) is 78.2 Å². The molecule has 2 aromatic heterocycles. The number of hydrogen-bond donors (Lipinski definition) is 0. The van der Waals surface area contributed by atoms with Crippen molar-refractivity contribution in [3.05, 3.63) is 78.6 Å². The van der Waals surface area contributed by atoms with Gasteiger partial charge in [0.05, 0.1) is 19.0 Å². The Bertz CT molecular complexity index is 1210. The van der Waals surface area contributed by atoms with Crippen molar-refractivity contribution < 1.29 is 14.3 Å². The van der Waals surface area contributed by atoms with Crippen molar-refractivity contribution in [2.24, 2.45) is 0 Å². The molecule has 0 unspecified atom stereocenters. The maximum atomic E-state index is 13.0. The predicted molar refractivity (Wildman–Crippen MR) is 128 cm³/mol. The lowest BCUT2D eigenvalue weighted by atomic mass is 10.1. The number of nitrogens with zero attached hydrogens (tertiary/aromatic N) is 4. The van der Waals surface area contributed by atoms with Gasteiger partial charge >= 0.3 is 0 Å². The molecule has 4 rings (SSSR count). The van der Waals surface area contributed by atoms with Crippen LogP contribution < -0.4 is 9.47 Å². The van der Waals surface area contributed by atoms with Crippen molar-refractivity contribution in [1.82, 2.24) is 19.7 Å². The second kappa shape index (κ2) is 10.3. The molecule has 0 aliphatic rings. The molecule has 4 aromatic rings. The molecule has 0 bridgehead atoms. The number of rotatable bonds is 9. The van der Waals surface area contributed by atoms with Gasteiger partial charge in [-0.25, -0.2) is 0 Å². The number of carbonyl (C=O) groups excluding carboxylic acids is 1. The van der Waals surface area contributed by atoms with Crippen LogP contribution in [0.1, 0.15) is 24.2 Å². The maximum Gasteiger partial charge on any atom is 0.196 e. The second-order valence-electron chi connectivity index (χ2n) is 7.16. The fourth-order valence-corrected chi connectivity index (χ4v) is 4.27. The van der Waals surface area contributed by atoms with Crippen LogP contribution in [-0.2, 0) is 0 Å². The van der Waals surface area contributed by atoms with Crippen LogP contribution in [0.4, 0.5) is 0 Å². The number of methoxy groups -OCH3 is 1. The Kier molecular flexibility index (Phi) is 7.04. The lowest BCUT2D eigenvalue weighted by Crippen LogP contribution is -2.14. The van der Waals surface area contributed by atoms with Gasteiger partial charge in [0, 0.05) is 29.2 Å². The van der Waals surface area contributed by atoms with Crippen LogP contribution in [0.25, 0.3) is 17.1 Å². The smallest absolute Gasteiger partial charge is 0.196 e. The van der Waals surface area contributed by atoms with Crippen LogP contribution >= 0.6 is 11.8 Å². The Hall–Kier alpha value is -3.65. The molecule has 0 spiro atoms. The highest BCUT2D eigenvalue weighted by atomic mass is 32.2. The molecule has 0 aliphatic heterocycles. The van der Waals surface area contributed by atoms with Crippen molar-refractivity contribution in [3.8, 4) is 28.6 Å². The average Bonchev–Trinajstić information content (AvgIpc) is 3.28. The molecule has 33 heavy (non-hydrogen) atoms. The summed E-state index contributed by atoms with van der Waals surface area (Å²) in [7, 11) is 1.60. The maximum absolute atomic E-state index is 13.0. The first kappa shape index (κ1) is 22.5.